The van der Waals surface area contributed by atoms with E-state index in [1.807, 2.05) is 82.2 Å². The van der Waals surface area contributed by atoms with Crippen LogP contribution in [0.4, 0.5) is 17.1 Å². The molecule has 0 N–H and O–H groups in total. The molecule has 4 heteroatoms. The number of hydrogen-bond donors (Lipinski definition) is 0. The van der Waals surface area contributed by atoms with Crippen LogP contribution in [-0.2, 0) is 0 Å². The van der Waals surface area contributed by atoms with E-state index in [2.05, 4.69) is 10.2 Å². The molecule has 0 aliphatic heterocycles. The Kier molecular flexibility index (Phi) is 4.94. The van der Waals surface area contributed by atoms with Gasteiger partial charge in [-0.25, -0.2) is 0 Å². The molecule has 0 amide bonds. The summed E-state index contributed by atoms with van der Waals surface area (Å²) in [5.74, 6) is 0.0648. The Morgan fingerprint density at radius 3 is 2.09 bits per heavy atom. The van der Waals surface area contributed by atoms with Crippen LogP contribution in [0.15, 0.2) is 58.8 Å². The Balaban J connectivity index is 2.28. The summed E-state index contributed by atoms with van der Waals surface area (Å²) in [5.41, 5.74) is 2.62. The third kappa shape index (κ3) is 4.25. The maximum atomic E-state index is 12.5. The summed E-state index contributed by atoms with van der Waals surface area (Å²) in [4.78, 5) is 14.5. The number of carbonyl (C=O) groups excluding carboxylic acids is 1. The number of benzene rings is 2. The van der Waals surface area contributed by atoms with E-state index in [1.165, 1.54) is 0 Å². The number of carbonyl (C=O) groups is 1. The third-order valence-electron chi connectivity index (χ3n) is 3.47. The Morgan fingerprint density at radius 1 is 0.913 bits per heavy atom. The lowest BCUT2D eigenvalue weighted by molar-refractivity contribution is 0.0859. The summed E-state index contributed by atoms with van der Waals surface area (Å²) in [7, 11) is 3.98. The van der Waals surface area contributed by atoms with E-state index in [4.69, 9.17) is 0 Å². The van der Waals surface area contributed by atoms with Crippen molar-refractivity contribution in [2.75, 3.05) is 19.0 Å². The van der Waals surface area contributed by atoms with Gasteiger partial charge in [-0.15, -0.1) is 5.11 Å². The smallest absolute Gasteiger partial charge is 0.170 e. The molecular weight excluding hydrogens is 286 g/mol. The van der Waals surface area contributed by atoms with Crippen LogP contribution in [0.25, 0.3) is 0 Å². The molecule has 2 aromatic rings. The number of rotatable bonds is 4. The first-order chi connectivity index (χ1) is 10.8. The second-order valence-electron chi connectivity index (χ2n) is 6.71. The lowest BCUT2D eigenvalue weighted by atomic mass is 9.86. The monoisotopic (exact) mass is 309 g/mol. The minimum absolute atomic E-state index is 0.0648. The van der Waals surface area contributed by atoms with E-state index in [0.29, 0.717) is 11.3 Å². The molecule has 0 heterocycles. The minimum atomic E-state index is -0.445. The standard InChI is InChI=1S/C19H23N3O/c1-19(2,3)18(23)16-8-6-7-9-17(16)21-20-14-10-12-15(13-11-14)22(4)5/h6-13H,1-5H3. The average molecular weight is 309 g/mol. The van der Waals surface area contributed by atoms with E-state index in [-0.39, 0.29) is 5.78 Å². The van der Waals surface area contributed by atoms with Crippen LogP contribution in [0.3, 0.4) is 0 Å². The van der Waals surface area contributed by atoms with Crippen molar-refractivity contribution in [3.63, 3.8) is 0 Å². The molecule has 0 atom stereocenters. The van der Waals surface area contributed by atoms with Gasteiger partial charge in [0, 0.05) is 30.8 Å². The largest absolute Gasteiger partial charge is 0.378 e. The van der Waals surface area contributed by atoms with Crippen molar-refractivity contribution in [1.82, 2.24) is 0 Å². The van der Waals surface area contributed by atoms with Crippen molar-refractivity contribution in [2.45, 2.75) is 20.8 Å². The molecule has 4 nitrogen and oxygen atoms in total. The molecule has 0 fully saturated rings. The summed E-state index contributed by atoms with van der Waals surface area (Å²) in [5, 5.41) is 8.53. The highest BCUT2D eigenvalue weighted by molar-refractivity contribution is 6.03. The van der Waals surface area contributed by atoms with Gasteiger partial charge in [-0.2, -0.15) is 5.11 Å². The zero-order chi connectivity index (χ0) is 17.0. The van der Waals surface area contributed by atoms with Crippen molar-refractivity contribution >= 4 is 22.8 Å². The molecule has 0 saturated heterocycles. The maximum absolute atomic E-state index is 12.5. The molecule has 0 unspecified atom stereocenters. The maximum Gasteiger partial charge on any atom is 0.170 e. The number of anilines is 1. The molecule has 0 aliphatic rings. The van der Waals surface area contributed by atoms with Crippen molar-refractivity contribution in [2.24, 2.45) is 15.6 Å². The molecule has 0 aromatic heterocycles. The molecule has 120 valence electrons. The predicted octanol–water partition coefficient (Wildman–Crippen LogP) is 5.40. The minimum Gasteiger partial charge on any atom is -0.378 e. The molecular formula is C19H23N3O. The fraction of sp³-hybridized carbons (Fsp3) is 0.316. The Morgan fingerprint density at radius 2 is 1.52 bits per heavy atom. The first-order valence-electron chi connectivity index (χ1n) is 7.62. The molecule has 0 saturated carbocycles. The van der Waals surface area contributed by atoms with Crippen molar-refractivity contribution < 1.29 is 4.79 Å². The SMILES string of the molecule is CN(C)c1ccc(N=Nc2ccccc2C(=O)C(C)(C)C)cc1. The molecule has 0 radical (unpaired) electrons. The van der Waals surface area contributed by atoms with Gasteiger partial charge in [-0.3, -0.25) is 4.79 Å². The quantitative estimate of drug-likeness (QED) is 0.561. The summed E-state index contributed by atoms with van der Waals surface area (Å²) in [6.45, 7) is 5.72. The first kappa shape index (κ1) is 16.9. The van der Waals surface area contributed by atoms with E-state index >= 15 is 0 Å². The van der Waals surface area contributed by atoms with Gasteiger partial charge in [0.2, 0.25) is 0 Å². The zero-order valence-corrected chi connectivity index (χ0v) is 14.4. The van der Waals surface area contributed by atoms with E-state index in [1.54, 1.807) is 6.07 Å². The van der Waals surface area contributed by atoms with Crippen LogP contribution in [0.5, 0.6) is 0 Å². The van der Waals surface area contributed by atoms with Gasteiger partial charge in [-0.05, 0) is 36.4 Å². The Labute approximate surface area is 137 Å². The van der Waals surface area contributed by atoms with Crippen LogP contribution >= 0.6 is 0 Å². The summed E-state index contributed by atoms with van der Waals surface area (Å²) < 4.78 is 0. The van der Waals surface area contributed by atoms with Crippen LogP contribution < -0.4 is 4.90 Å². The van der Waals surface area contributed by atoms with Gasteiger partial charge in [0.25, 0.3) is 0 Å². The van der Waals surface area contributed by atoms with Crippen molar-refractivity contribution in [3.8, 4) is 0 Å². The topological polar surface area (TPSA) is 45.0 Å². The van der Waals surface area contributed by atoms with Crippen LogP contribution in [-0.4, -0.2) is 19.9 Å². The van der Waals surface area contributed by atoms with Gasteiger partial charge in [0.05, 0.1) is 11.4 Å². The number of nitrogens with zero attached hydrogens (tertiary/aromatic N) is 3. The number of ketones is 1. The normalized spacial score (nSPS) is 11.7. The average Bonchev–Trinajstić information content (AvgIpc) is 2.52. The van der Waals surface area contributed by atoms with Gasteiger partial charge in [0.15, 0.2) is 5.78 Å². The lowest BCUT2D eigenvalue weighted by Crippen LogP contribution is -2.20. The molecule has 0 aliphatic carbocycles. The summed E-state index contributed by atoms with van der Waals surface area (Å²) >= 11 is 0. The van der Waals surface area contributed by atoms with Crippen LogP contribution in [0.1, 0.15) is 31.1 Å². The fourth-order valence-electron chi connectivity index (χ4n) is 2.09. The Hall–Kier alpha value is -2.49. The van der Waals surface area contributed by atoms with Gasteiger partial charge in [0.1, 0.15) is 0 Å². The van der Waals surface area contributed by atoms with E-state index in [0.717, 1.165) is 11.4 Å². The number of Topliss-reactive ketones (excluding diaryl/α,β-unsaturated/α-hetero) is 1. The number of hydrogen-bond acceptors (Lipinski definition) is 4. The molecule has 23 heavy (non-hydrogen) atoms. The molecule has 2 aromatic carbocycles. The highest BCUT2D eigenvalue weighted by Gasteiger charge is 2.24. The zero-order valence-electron chi connectivity index (χ0n) is 14.4. The molecule has 0 spiro atoms. The second kappa shape index (κ2) is 6.73. The van der Waals surface area contributed by atoms with E-state index in [9.17, 15) is 4.79 Å². The number of azo groups is 1. The van der Waals surface area contributed by atoms with Crippen molar-refractivity contribution in [1.29, 1.82) is 0 Å². The summed E-state index contributed by atoms with van der Waals surface area (Å²) in [6, 6.07) is 15.1. The van der Waals surface area contributed by atoms with Crippen LogP contribution in [0.2, 0.25) is 0 Å². The second-order valence-corrected chi connectivity index (χ2v) is 6.71. The van der Waals surface area contributed by atoms with Gasteiger partial charge < -0.3 is 4.90 Å². The van der Waals surface area contributed by atoms with Gasteiger partial charge in [-0.1, -0.05) is 32.9 Å². The predicted molar refractivity (Wildman–Crippen MR) is 95.2 cm³/mol. The third-order valence-corrected chi connectivity index (χ3v) is 3.47. The van der Waals surface area contributed by atoms with E-state index < -0.39 is 5.41 Å². The molecule has 2 rings (SSSR count). The highest BCUT2D eigenvalue weighted by Crippen LogP contribution is 2.29. The van der Waals surface area contributed by atoms with Gasteiger partial charge >= 0.3 is 0 Å². The van der Waals surface area contributed by atoms with Crippen molar-refractivity contribution in [3.05, 3.63) is 54.1 Å². The first-order valence-corrected chi connectivity index (χ1v) is 7.62. The highest BCUT2D eigenvalue weighted by atomic mass is 16.1. The fourth-order valence-corrected chi connectivity index (χ4v) is 2.09. The Bertz CT molecular complexity index is 710. The summed E-state index contributed by atoms with van der Waals surface area (Å²) in [6.07, 6.45) is 0. The van der Waals surface area contributed by atoms with Crippen LogP contribution in [0, 0.1) is 5.41 Å². The lowest BCUT2D eigenvalue weighted by Gasteiger charge is -2.17. The molecule has 0 bridgehead atoms.